The van der Waals surface area contributed by atoms with Crippen LogP contribution in [0.3, 0.4) is 0 Å². The van der Waals surface area contributed by atoms with Crippen molar-refractivity contribution in [2.24, 2.45) is 0 Å². The molecule has 114 valence electrons. The molecule has 0 unspecified atom stereocenters. The van der Waals surface area contributed by atoms with Crippen LogP contribution in [-0.4, -0.2) is 13.0 Å². The van der Waals surface area contributed by atoms with Crippen molar-refractivity contribution in [2.75, 3.05) is 12.4 Å². The summed E-state index contributed by atoms with van der Waals surface area (Å²) in [5.41, 5.74) is 1.08. The van der Waals surface area contributed by atoms with Gasteiger partial charge in [-0.1, -0.05) is 48.4 Å². The third-order valence-electron chi connectivity index (χ3n) is 4.39. The Bertz CT molecular complexity index is 695. The van der Waals surface area contributed by atoms with E-state index in [1.165, 1.54) is 0 Å². The summed E-state index contributed by atoms with van der Waals surface area (Å²) in [5.74, 6) is 0.743. The molecule has 1 fully saturated rings. The third kappa shape index (κ3) is 2.46. The molecule has 0 aromatic heterocycles. The van der Waals surface area contributed by atoms with Gasteiger partial charge in [0.15, 0.2) is 0 Å². The van der Waals surface area contributed by atoms with E-state index in [1.807, 2.05) is 42.5 Å². The van der Waals surface area contributed by atoms with Gasteiger partial charge in [-0.15, -0.1) is 0 Å². The Hall–Kier alpha value is -2.00. The van der Waals surface area contributed by atoms with Crippen molar-refractivity contribution in [1.82, 2.24) is 0 Å². The van der Waals surface area contributed by atoms with Crippen LogP contribution < -0.4 is 10.1 Å². The van der Waals surface area contributed by atoms with Crippen molar-refractivity contribution in [1.29, 1.82) is 0 Å². The summed E-state index contributed by atoms with van der Waals surface area (Å²) in [6, 6.07) is 15.0. The fourth-order valence-electron chi connectivity index (χ4n) is 2.99. The molecular formula is C18H18ClNO2. The zero-order valence-corrected chi connectivity index (χ0v) is 13.2. The molecule has 0 aliphatic heterocycles. The first-order valence-corrected chi connectivity index (χ1v) is 7.75. The van der Waals surface area contributed by atoms with Gasteiger partial charge in [0.2, 0.25) is 5.91 Å². The molecule has 0 bridgehead atoms. The van der Waals surface area contributed by atoms with Crippen molar-refractivity contribution in [3.63, 3.8) is 0 Å². The van der Waals surface area contributed by atoms with Crippen LogP contribution in [0.4, 0.5) is 5.69 Å². The number of halogens is 1. The minimum atomic E-state index is -0.522. The van der Waals surface area contributed by atoms with Crippen LogP contribution in [0.25, 0.3) is 0 Å². The SMILES string of the molecule is COc1ccccc1C1(C(=O)Nc2ccccc2Cl)CCC1. The van der Waals surface area contributed by atoms with Gasteiger partial charge in [0.25, 0.3) is 0 Å². The lowest BCUT2D eigenvalue weighted by atomic mass is 9.63. The zero-order chi connectivity index (χ0) is 15.6. The Kier molecular flexibility index (Phi) is 4.08. The van der Waals surface area contributed by atoms with Crippen LogP contribution in [0.5, 0.6) is 5.75 Å². The summed E-state index contributed by atoms with van der Waals surface area (Å²) >= 11 is 6.14. The quantitative estimate of drug-likeness (QED) is 0.907. The molecule has 3 nitrogen and oxygen atoms in total. The second-order valence-corrected chi connectivity index (χ2v) is 5.98. The predicted molar refractivity (Wildman–Crippen MR) is 88.6 cm³/mol. The van der Waals surface area contributed by atoms with Crippen molar-refractivity contribution in [3.05, 3.63) is 59.1 Å². The Balaban J connectivity index is 1.93. The summed E-state index contributed by atoms with van der Waals surface area (Å²) in [6.07, 6.45) is 2.68. The lowest BCUT2D eigenvalue weighted by Crippen LogP contribution is -2.46. The highest BCUT2D eigenvalue weighted by Crippen LogP contribution is 2.48. The molecule has 22 heavy (non-hydrogen) atoms. The molecule has 0 radical (unpaired) electrons. The fraction of sp³-hybridized carbons (Fsp3) is 0.278. The molecule has 1 N–H and O–H groups in total. The number of para-hydroxylation sites is 2. The molecule has 1 amide bonds. The lowest BCUT2D eigenvalue weighted by Gasteiger charge is -2.41. The van der Waals surface area contributed by atoms with Gasteiger partial charge in [-0.3, -0.25) is 4.79 Å². The number of rotatable bonds is 4. The van der Waals surface area contributed by atoms with E-state index in [2.05, 4.69) is 5.32 Å². The number of hydrogen-bond acceptors (Lipinski definition) is 2. The largest absolute Gasteiger partial charge is 0.496 e. The maximum absolute atomic E-state index is 12.9. The molecule has 1 saturated carbocycles. The topological polar surface area (TPSA) is 38.3 Å². The van der Waals surface area contributed by atoms with E-state index in [4.69, 9.17) is 16.3 Å². The number of ether oxygens (including phenoxy) is 1. The first-order chi connectivity index (χ1) is 10.7. The summed E-state index contributed by atoms with van der Waals surface area (Å²) in [6.45, 7) is 0. The number of nitrogens with one attached hydrogen (secondary N) is 1. The smallest absolute Gasteiger partial charge is 0.235 e. The van der Waals surface area contributed by atoms with Gasteiger partial charge in [0.05, 0.1) is 23.2 Å². The monoisotopic (exact) mass is 315 g/mol. The van der Waals surface area contributed by atoms with Crippen molar-refractivity contribution in [3.8, 4) is 5.75 Å². The van der Waals surface area contributed by atoms with Gasteiger partial charge < -0.3 is 10.1 Å². The standard InChI is InChI=1S/C18H18ClNO2/c1-22-16-10-5-2-7-13(16)18(11-6-12-18)17(21)20-15-9-4-3-8-14(15)19/h2-5,7-10H,6,11-12H2,1H3,(H,20,21). The van der Waals surface area contributed by atoms with Crippen LogP contribution >= 0.6 is 11.6 Å². The molecule has 2 aromatic rings. The summed E-state index contributed by atoms with van der Waals surface area (Å²) in [7, 11) is 1.64. The molecule has 3 rings (SSSR count). The highest BCUT2D eigenvalue weighted by atomic mass is 35.5. The lowest BCUT2D eigenvalue weighted by molar-refractivity contribution is -0.124. The van der Waals surface area contributed by atoms with E-state index in [-0.39, 0.29) is 5.91 Å². The number of anilines is 1. The van der Waals surface area contributed by atoms with Gasteiger partial charge in [-0.2, -0.15) is 0 Å². The maximum Gasteiger partial charge on any atom is 0.235 e. The van der Waals surface area contributed by atoms with Gasteiger partial charge in [0, 0.05) is 5.56 Å². The fourth-order valence-corrected chi connectivity index (χ4v) is 3.18. The van der Waals surface area contributed by atoms with E-state index in [1.54, 1.807) is 13.2 Å². The van der Waals surface area contributed by atoms with E-state index >= 15 is 0 Å². The van der Waals surface area contributed by atoms with Crippen molar-refractivity contribution < 1.29 is 9.53 Å². The second-order valence-electron chi connectivity index (χ2n) is 5.57. The second kappa shape index (κ2) is 6.01. The van der Waals surface area contributed by atoms with Gasteiger partial charge in [-0.05, 0) is 31.0 Å². The molecule has 0 spiro atoms. The number of carbonyl (C=O) groups is 1. The zero-order valence-electron chi connectivity index (χ0n) is 12.4. The number of hydrogen-bond donors (Lipinski definition) is 1. The molecule has 0 atom stereocenters. The molecule has 2 aromatic carbocycles. The van der Waals surface area contributed by atoms with Crippen LogP contribution in [0.15, 0.2) is 48.5 Å². The predicted octanol–water partition coefficient (Wildman–Crippen LogP) is 4.41. The number of methoxy groups -OCH3 is 1. The minimum Gasteiger partial charge on any atom is -0.496 e. The molecule has 1 aliphatic rings. The first-order valence-electron chi connectivity index (χ1n) is 7.37. The Morgan fingerprint density at radius 1 is 1.14 bits per heavy atom. The van der Waals surface area contributed by atoms with Crippen LogP contribution in [0.1, 0.15) is 24.8 Å². The van der Waals surface area contributed by atoms with Crippen LogP contribution in [-0.2, 0) is 10.2 Å². The Morgan fingerprint density at radius 3 is 2.45 bits per heavy atom. The Labute approximate surface area is 135 Å². The molecule has 0 heterocycles. The highest BCUT2D eigenvalue weighted by Gasteiger charge is 2.47. The average Bonchev–Trinajstić information content (AvgIpc) is 2.49. The van der Waals surface area contributed by atoms with E-state index in [9.17, 15) is 4.79 Å². The highest BCUT2D eigenvalue weighted by molar-refractivity contribution is 6.33. The Morgan fingerprint density at radius 2 is 1.82 bits per heavy atom. The first kappa shape index (κ1) is 14.9. The minimum absolute atomic E-state index is 0.0173. The van der Waals surface area contributed by atoms with E-state index < -0.39 is 5.41 Å². The van der Waals surface area contributed by atoms with Crippen LogP contribution in [0.2, 0.25) is 5.02 Å². The summed E-state index contributed by atoms with van der Waals surface area (Å²) in [4.78, 5) is 12.9. The van der Waals surface area contributed by atoms with E-state index in [0.717, 1.165) is 30.6 Å². The van der Waals surface area contributed by atoms with Crippen molar-refractivity contribution in [2.45, 2.75) is 24.7 Å². The van der Waals surface area contributed by atoms with E-state index in [0.29, 0.717) is 10.7 Å². The molecular weight excluding hydrogens is 298 g/mol. The average molecular weight is 316 g/mol. The van der Waals surface area contributed by atoms with Gasteiger partial charge in [0.1, 0.15) is 5.75 Å². The summed E-state index contributed by atoms with van der Waals surface area (Å²) < 4.78 is 5.45. The molecule has 4 heteroatoms. The normalized spacial score (nSPS) is 15.7. The number of benzene rings is 2. The molecule has 0 saturated heterocycles. The molecule has 1 aliphatic carbocycles. The summed E-state index contributed by atoms with van der Waals surface area (Å²) in [5, 5.41) is 3.52. The van der Waals surface area contributed by atoms with Gasteiger partial charge >= 0.3 is 0 Å². The third-order valence-corrected chi connectivity index (χ3v) is 4.72. The van der Waals surface area contributed by atoms with Crippen LogP contribution in [0, 0.1) is 0 Å². The van der Waals surface area contributed by atoms with Gasteiger partial charge in [-0.25, -0.2) is 0 Å². The van der Waals surface area contributed by atoms with Crippen molar-refractivity contribution >= 4 is 23.2 Å². The number of carbonyl (C=O) groups excluding carboxylic acids is 1. The number of amides is 1. The maximum atomic E-state index is 12.9.